The molecule has 0 saturated heterocycles. The SMILES string of the molecule is CCOC(=O)c1sc(C(=O)O)c(C(C)(C)C)c1OC(C)(C)C. The summed E-state index contributed by atoms with van der Waals surface area (Å²) in [5.74, 6) is -1.30. The van der Waals surface area contributed by atoms with E-state index in [1.165, 1.54) is 0 Å². The van der Waals surface area contributed by atoms with E-state index < -0.39 is 23.0 Å². The molecule has 1 rings (SSSR count). The number of esters is 1. The minimum atomic E-state index is -1.07. The predicted octanol–water partition coefficient (Wildman–Crippen LogP) is 4.10. The van der Waals surface area contributed by atoms with Gasteiger partial charge in [0, 0.05) is 5.56 Å². The van der Waals surface area contributed by atoms with E-state index in [0.717, 1.165) is 11.3 Å². The number of carboxylic acids is 1. The zero-order valence-electron chi connectivity index (χ0n) is 14.2. The summed E-state index contributed by atoms with van der Waals surface area (Å²) < 4.78 is 11.0. The average molecular weight is 328 g/mol. The van der Waals surface area contributed by atoms with Crippen molar-refractivity contribution < 1.29 is 24.2 Å². The van der Waals surface area contributed by atoms with E-state index in [0.29, 0.717) is 11.3 Å². The van der Waals surface area contributed by atoms with Crippen LogP contribution in [0.1, 0.15) is 73.4 Å². The second-order valence-corrected chi connectivity index (χ2v) is 7.98. The molecular formula is C16H24O5S. The lowest BCUT2D eigenvalue weighted by atomic mass is 9.86. The normalized spacial score (nSPS) is 12.1. The summed E-state index contributed by atoms with van der Waals surface area (Å²) in [4.78, 5) is 24.1. The zero-order valence-corrected chi connectivity index (χ0v) is 15.0. The van der Waals surface area contributed by atoms with Crippen LogP contribution in [0.15, 0.2) is 0 Å². The molecule has 0 amide bonds. The molecule has 0 spiro atoms. The molecule has 0 saturated carbocycles. The van der Waals surface area contributed by atoms with Gasteiger partial charge in [-0.1, -0.05) is 20.8 Å². The summed E-state index contributed by atoms with van der Waals surface area (Å²) in [6.07, 6.45) is 0. The molecule has 124 valence electrons. The monoisotopic (exact) mass is 328 g/mol. The lowest BCUT2D eigenvalue weighted by molar-refractivity contribution is 0.0518. The smallest absolute Gasteiger partial charge is 0.352 e. The van der Waals surface area contributed by atoms with Crippen LogP contribution >= 0.6 is 11.3 Å². The van der Waals surface area contributed by atoms with Crippen molar-refractivity contribution in [1.82, 2.24) is 0 Å². The van der Waals surface area contributed by atoms with Gasteiger partial charge in [0.15, 0.2) is 4.88 Å². The highest BCUT2D eigenvalue weighted by Gasteiger charge is 2.36. The van der Waals surface area contributed by atoms with Crippen molar-refractivity contribution in [2.75, 3.05) is 6.61 Å². The fraction of sp³-hybridized carbons (Fsp3) is 0.625. The maximum absolute atomic E-state index is 12.2. The highest BCUT2D eigenvalue weighted by Crippen LogP contribution is 2.44. The van der Waals surface area contributed by atoms with Crippen LogP contribution in [0.25, 0.3) is 0 Å². The van der Waals surface area contributed by atoms with E-state index in [1.54, 1.807) is 6.92 Å². The standard InChI is InChI=1S/C16H24O5S/c1-8-20-14(19)12-10(21-16(5,6)7)9(15(2,3)4)11(22-12)13(17)18/h8H2,1-7H3,(H,17,18). The molecule has 1 aromatic rings. The van der Waals surface area contributed by atoms with Gasteiger partial charge >= 0.3 is 11.9 Å². The van der Waals surface area contributed by atoms with E-state index in [9.17, 15) is 14.7 Å². The molecule has 5 nitrogen and oxygen atoms in total. The van der Waals surface area contributed by atoms with Crippen LogP contribution in [0.3, 0.4) is 0 Å². The van der Waals surface area contributed by atoms with Crippen molar-refractivity contribution >= 4 is 23.3 Å². The summed E-state index contributed by atoms with van der Waals surface area (Å²) in [6, 6.07) is 0. The third kappa shape index (κ3) is 4.22. The number of hydrogen-bond donors (Lipinski definition) is 1. The van der Waals surface area contributed by atoms with Gasteiger partial charge in [-0.15, -0.1) is 11.3 Å². The van der Waals surface area contributed by atoms with E-state index in [2.05, 4.69) is 0 Å². The Balaban J connectivity index is 3.63. The number of aromatic carboxylic acids is 1. The second kappa shape index (κ2) is 6.28. The van der Waals surface area contributed by atoms with Crippen LogP contribution in [0.2, 0.25) is 0 Å². The first kappa shape index (κ1) is 18.5. The van der Waals surface area contributed by atoms with Gasteiger partial charge in [0.2, 0.25) is 0 Å². The number of rotatable bonds is 4. The third-order valence-corrected chi connectivity index (χ3v) is 3.82. The Morgan fingerprint density at radius 2 is 1.64 bits per heavy atom. The van der Waals surface area contributed by atoms with E-state index >= 15 is 0 Å². The van der Waals surface area contributed by atoms with Crippen LogP contribution in [-0.4, -0.2) is 29.3 Å². The van der Waals surface area contributed by atoms with Gasteiger partial charge in [0.05, 0.1) is 6.61 Å². The van der Waals surface area contributed by atoms with Crippen molar-refractivity contribution in [3.8, 4) is 5.75 Å². The quantitative estimate of drug-likeness (QED) is 0.842. The summed E-state index contributed by atoms with van der Waals surface area (Å²) in [7, 11) is 0. The van der Waals surface area contributed by atoms with Crippen LogP contribution in [-0.2, 0) is 10.2 Å². The molecule has 0 aliphatic rings. The molecule has 1 aromatic heterocycles. The second-order valence-electron chi connectivity index (χ2n) is 6.95. The lowest BCUT2D eigenvalue weighted by Gasteiger charge is -2.27. The van der Waals surface area contributed by atoms with Gasteiger partial charge in [0.1, 0.15) is 16.2 Å². The Kier molecular flexibility index (Phi) is 5.28. The van der Waals surface area contributed by atoms with Crippen molar-refractivity contribution in [3.63, 3.8) is 0 Å². The van der Waals surface area contributed by atoms with Crippen LogP contribution < -0.4 is 4.74 Å². The van der Waals surface area contributed by atoms with Crippen LogP contribution in [0, 0.1) is 0 Å². The van der Waals surface area contributed by atoms with Crippen molar-refractivity contribution in [2.45, 2.75) is 59.5 Å². The minimum absolute atomic E-state index is 0.120. The molecule has 22 heavy (non-hydrogen) atoms. The van der Waals surface area contributed by atoms with Gasteiger partial charge < -0.3 is 14.6 Å². The van der Waals surface area contributed by atoms with Crippen LogP contribution in [0.5, 0.6) is 5.75 Å². The predicted molar refractivity (Wildman–Crippen MR) is 86.3 cm³/mol. The average Bonchev–Trinajstić information content (AvgIpc) is 2.66. The molecule has 0 fully saturated rings. The molecule has 0 atom stereocenters. The third-order valence-electron chi connectivity index (χ3n) is 2.68. The molecule has 0 aromatic carbocycles. The van der Waals surface area contributed by atoms with Crippen molar-refractivity contribution in [3.05, 3.63) is 15.3 Å². The number of carboxylic acid groups (broad SMARTS) is 1. The molecule has 0 aliphatic carbocycles. The van der Waals surface area contributed by atoms with Crippen LogP contribution in [0.4, 0.5) is 0 Å². The summed E-state index contributed by atoms with van der Waals surface area (Å²) in [6.45, 7) is 13.2. The summed E-state index contributed by atoms with van der Waals surface area (Å²) in [5, 5.41) is 9.48. The molecule has 1 heterocycles. The Hall–Kier alpha value is -1.56. The van der Waals surface area contributed by atoms with Gasteiger partial charge in [-0.25, -0.2) is 9.59 Å². The largest absolute Gasteiger partial charge is 0.486 e. The Bertz CT molecular complexity index is 573. The minimum Gasteiger partial charge on any atom is -0.486 e. The van der Waals surface area contributed by atoms with Gasteiger partial charge in [-0.2, -0.15) is 0 Å². The number of ether oxygens (including phenoxy) is 2. The molecule has 0 bridgehead atoms. The molecule has 0 unspecified atom stereocenters. The number of carbonyl (C=O) groups excluding carboxylic acids is 1. The van der Waals surface area contributed by atoms with E-state index in [4.69, 9.17) is 9.47 Å². The van der Waals surface area contributed by atoms with Gasteiger partial charge in [0.25, 0.3) is 0 Å². The highest BCUT2D eigenvalue weighted by molar-refractivity contribution is 7.16. The molecule has 6 heteroatoms. The first-order chi connectivity index (χ1) is 9.88. The topological polar surface area (TPSA) is 72.8 Å². The Morgan fingerprint density at radius 1 is 1.09 bits per heavy atom. The molecule has 0 aliphatic heterocycles. The molecular weight excluding hydrogens is 304 g/mol. The van der Waals surface area contributed by atoms with Gasteiger partial charge in [-0.3, -0.25) is 0 Å². The molecule has 1 N–H and O–H groups in total. The molecule has 0 radical (unpaired) electrons. The summed E-state index contributed by atoms with van der Waals surface area (Å²) >= 11 is 0.911. The number of hydrogen-bond acceptors (Lipinski definition) is 5. The first-order valence-electron chi connectivity index (χ1n) is 7.15. The Morgan fingerprint density at radius 3 is 2.00 bits per heavy atom. The zero-order chi connectivity index (χ0) is 17.3. The van der Waals surface area contributed by atoms with E-state index in [-0.39, 0.29) is 16.4 Å². The lowest BCUT2D eigenvalue weighted by Crippen LogP contribution is -2.26. The van der Waals surface area contributed by atoms with Crippen molar-refractivity contribution in [2.24, 2.45) is 0 Å². The fourth-order valence-corrected chi connectivity index (χ4v) is 3.15. The summed E-state index contributed by atoms with van der Waals surface area (Å²) in [5.41, 5.74) is -0.504. The number of carbonyl (C=O) groups is 2. The van der Waals surface area contributed by atoms with Crippen molar-refractivity contribution in [1.29, 1.82) is 0 Å². The first-order valence-corrected chi connectivity index (χ1v) is 7.96. The Labute approximate surface area is 135 Å². The maximum atomic E-state index is 12.2. The maximum Gasteiger partial charge on any atom is 0.352 e. The van der Waals surface area contributed by atoms with Gasteiger partial charge in [-0.05, 0) is 33.1 Å². The highest BCUT2D eigenvalue weighted by atomic mass is 32.1. The fourth-order valence-electron chi connectivity index (χ4n) is 1.98. The van der Waals surface area contributed by atoms with E-state index in [1.807, 2.05) is 41.5 Å². The number of thiophene rings is 1.